The van der Waals surface area contributed by atoms with Crippen molar-refractivity contribution in [3.05, 3.63) is 53.3 Å². The highest BCUT2D eigenvalue weighted by Crippen LogP contribution is 2.44. The van der Waals surface area contributed by atoms with Crippen molar-refractivity contribution in [3.8, 4) is 11.5 Å². The molecule has 32 heavy (non-hydrogen) atoms. The molecule has 0 radical (unpaired) electrons. The van der Waals surface area contributed by atoms with Crippen molar-refractivity contribution in [2.45, 2.75) is 38.6 Å². The highest BCUT2D eigenvalue weighted by molar-refractivity contribution is 5.98. The molecule has 0 spiro atoms. The van der Waals surface area contributed by atoms with Gasteiger partial charge in [-0.25, -0.2) is 5.43 Å². The Morgan fingerprint density at radius 1 is 1.22 bits per heavy atom. The summed E-state index contributed by atoms with van der Waals surface area (Å²) in [4.78, 5) is 14.9. The van der Waals surface area contributed by atoms with Crippen LogP contribution in [-0.4, -0.2) is 38.9 Å². The molecule has 7 heteroatoms. The van der Waals surface area contributed by atoms with E-state index in [1.807, 2.05) is 18.2 Å². The molecule has 0 saturated carbocycles. The van der Waals surface area contributed by atoms with Crippen LogP contribution >= 0.6 is 0 Å². The van der Waals surface area contributed by atoms with Gasteiger partial charge in [-0.3, -0.25) is 4.79 Å². The number of anilines is 1. The van der Waals surface area contributed by atoms with E-state index in [0.29, 0.717) is 23.0 Å². The zero-order chi connectivity index (χ0) is 23.0. The van der Waals surface area contributed by atoms with Crippen LogP contribution < -0.4 is 19.8 Å². The standard InChI is InChI=1S/C25H29N3O4/c1-15-13-25(2,3)28(4)19-12-21(31-6)17(10-18(15)19)14-26-27-24(29)22-11-16-8-7-9-20(30-5)23(16)32-22/h7-12,14-15H,13H2,1-6H3,(H,27,29)/b26-14-. The number of methoxy groups -OCH3 is 2. The zero-order valence-electron chi connectivity index (χ0n) is 19.4. The molecule has 168 valence electrons. The quantitative estimate of drug-likeness (QED) is 0.454. The average Bonchev–Trinajstić information content (AvgIpc) is 3.21. The highest BCUT2D eigenvalue weighted by atomic mass is 16.5. The molecule has 2 aromatic carbocycles. The molecule has 1 aliphatic rings. The Morgan fingerprint density at radius 3 is 2.69 bits per heavy atom. The largest absolute Gasteiger partial charge is 0.496 e. The summed E-state index contributed by atoms with van der Waals surface area (Å²) in [6, 6.07) is 11.3. The van der Waals surface area contributed by atoms with Crippen LogP contribution in [0.5, 0.6) is 11.5 Å². The minimum atomic E-state index is -0.439. The van der Waals surface area contributed by atoms with Crippen LogP contribution in [0.1, 0.15) is 54.8 Å². The Bertz CT molecular complexity index is 1200. The van der Waals surface area contributed by atoms with Gasteiger partial charge in [0.15, 0.2) is 17.1 Å². The summed E-state index contributed by atoms with van der Waals surface area (Å²) in [5.41, 5.74) is 6.33. The molecule has 1 atom stereocenters. The maximum absolute atomic E-state index is 12.6. The van der Waals surface area contributed by atoms with Crippen LogP contribution in [0.15, 0.2) is 45.9 Å². The van der Waals surface area contributed by atoms with E-state index in [-0.39, 0.29) is 11.3 Å². The van der Waals surface area contributed by atoms with E-state index in [1.165, 1.54) is 5.56 Å². The van der Waals surface area contributed by atoms with Gasteiger partial charge in [-0.05, 0) is 49.9 Å². The van der Waals surface area contributed by atoms with Crippen LogP contribution in [0.3, 0.4) is 0 Å². The van der Waals surface area contributed by atoms with Crippen LogP contribution in [0, 0.1) is 0 Å². The number of fused-ring (bicyclic) bond motifs is 2. The third-order valence-corrected chi connectivity index (χ3v) is 6.31. The molecule has 7 nitrogen and oxygen atoms in total. The number of nitrogens with zero attached hydrogens (tertiary/aromatic N) is 2. The second-order valence-corrected chi connectivity index (χ2v) is 8.82. The van der Waals surface area contributed by atoms with E-state index in [0.717, 1.165) is 23.1 Å². The molecule has 4 rings (SSSR count). The first-order valence-electron chi connectivity index (χ1n) is 10.6. The van der Waals surface area contributed by atoms with Gasteiger partial charge in [-0.2, -0.15) is 5.10 Å². The van der Waals surface area contributed by atoms with Crippen LogP contribution in [0.4, 0.5) is 5.69 Å². The van der Waals surface area contributed by atoms with Gasteiger partial charge < -0.3 is 18.8 Å². The topological polar surface area (TPSA) is 76.3 Å². The Balaban J connectivity index is 1.57. The molecule has 0 saturated heterocycles. The van der Waals surface area contributed by atoms with Crippen LogP contribution in [0.2, 0.25) is 0 Å². The van der Waals surface area contributed by atoms with E-state index in [2.05, 4.69) is 49.3 Å². The van der Waals surface area contributed by atoms with E-state index in [9.17, 15) is 4.79 Å². The lowest BCUT2D eigenvalue weighted by Gasteiger charge is -2.45. The summed E-state index contributed by atoms with van der Waals surface area (Å²) in [5, 5.41) is 4.94. The van der Waals surface area contributed by atoms with Gasteiger partial charge in [-0.15, -0.1) is 0 Å². The van der Waals surface area contributed by atoms with Crippen molar-refractivity contribution in [1.82, 2.24) is 5.43 Å². The summed E-state index contributed by atoms with van der Waals surface area (Å²) in [6.07, 6.45) is 2.65. The smallest absolute Gasteiger partial charge is 0.307 e. The van der Waals surface area contributed by atoms with E-state index >= 15 is 0 Å². The highest BCUT2D eigenvalue weighted by Gasteiger charge is 2.34. The number of furan rings is 1. The van der Waals surface area contributed by atoms with Gasteiger partial charge >= 0.3 is 5.91 Å². The van der Waals surface area contributed by atoms with Crippen molar-refractivity contribution in [2.75, 3.05) is 26.2 Å². The zero-order valence-corrected chi connectivity index (χ0v) is 19.4. The SMILES string of the molecule is COc1cc2c(cc1/C=N\NC(=O)c1cc3cccc(OC)c3o1)C(C)CC(C)(C)N2C. The molecule has 0 aliphatic carbocycles. The lowest BCUT2D eigenvalue weighted by atomic mass is 9.80. The van der Waals surface area contributed by atoms with Crippen molar-refractivity contribution >= 4 is 28.8 Å². The summed E-state index contributed by atoms with van der Waals surface area (Å²) >= 11 is 0. The summed E-state index contributed by atoms with van der Waals surface area (Å²) in [5.74, 6) is 1.40. The Morgan fingerprint density at radius 2 is 1.97 bits per heavy atom. The number of hydrogen-bond acceptors (Lipinski definition) is 6. The van der Waals surface area contributed by atoms with Gasteiger partial charge in [0.2, 0.25) is 0 Å². The number of carbonyl (C=O) groups excluding carboxylic acids is 1. The van der Waals surface area contributed by atoms with E-state index in [4.69, 9.17) is 13.9 Å². The number of para-hydroxylation sites is 1. The van der Waals surface area contributed by atoms with Crippen molar-refractivity contribution in [3.63, 3.8) is 0 Å². The predicted molar refractivity (Wildman–Crippen MR) is 126 cm³/mol. The summed E-state index contributed by atoms with van der Waals surface area (Å²) in [7, 11) is 5.31. The Labute approximate surface area is 188 Å². The molecule has 0 bridgehead atoms. The average molecular weight is 436 g/mol. The normalized spacial score (nSPS) is 17.4. The molecular weight excluding hydrogens is 406 g/mol. The summed E-state index contributed by atoms with van der Waals surface area (Å²) in [6.45, 7) is 6.73. The molecule has 1 aromatic heterocycles. The number of nitrogens with one attached hydrogen (secondary N) is 1. The number of hydrogen-bond donors (Lipinski definition) is 1. The first kappa shape index (κ1) is 21.7. The predicted octanol–water partition coefficient (Wildman–Crippen LogP) is 4.94. The monoisotopic (exact) mass is 435 g/mol. The van der Waals surface area contributed by atoms with Gasteiger partial charge in [0.1, 0.15) is 5.75 Å². The van der Waals surface area contributed by atoms with Crippen molar-refractivity contribution < 1.29 is 18.7 Å². The summed E-state index contributed by atoms with van der Waals surface area (Å²) < 4.78 is 16.6. The van der Waals surface area contributed by atoms with E-state index in [1.54, 1.807) is 32.6 Å². The maximum atomic E-state index is 12.6. The van der Waals surface area contributed by atoms with E-state index < -0.39 is 5.91 Å². The molecular formula is C25H29N3O4. The van der Waals surface area contributed by atoms with Crippen LogP contribution in [-0.2, 0) is 0 Å². The fourth-order valence-corrected chi connectivity index (χ4v) is 4.41. The number of hydrazone groups is 1. The third kappa shape index (κ3) is 3.79. The lowest BCUT2D eigenvalue weighted by Crippen LogP contribution is -2.45. The van der Waals surface area contributed by atoms with Crippen molar-refractivity contribution in [1.29, 1.82) is 0 Å². The molecule has 1 unspecified atom stereocenters. The molecule has 1 N–H and O–H groups in total. The number of amides is 1. The maximum Gasteiger partial charge on any atom is 0.307 e. The molecule has 1 amide bonds. The van der Waals surface area contributed by atoms with Gasteiger partial charge in [-0.1, -0.05) is 19.1 Å². The fourth-order valence-electron chi connectivity index (χ4n) is 4.41. The molecule has 0 fully saturated rings. The lowest BCUT2D eigenvalue weighted by molar-refractivity contribution is 0.0929. The second-order valence-electron chi connectivity index (χ2n) is 8.82. The molecule has 1 aliphatic heterocycles. The molecule has 3 aromatic rings. The van der Waals surface area contributed by atoms with Gasteiger partial charge in [0, 0.05) is 35.3 Å². The molecule has 2 heterocycles. The van der Waals surface area contributed by atoms with Gasteiger partial charge in [0.05, 0.1) is 20.4 Å². The number of benzene rings is 2. The Hall–Kier alpha value is -3.48. The second kappa shape index (κ2) is 8.22. The van der Waals surface area contributed by atoms with Crippen molar-refractivity contribution in [2.24, 2.45) is 5.10 Å². The first-order valence-corrected chi connectivity index (χ1v) is 10.6. The van der Waals surface area contributed by atoms with Crippen LogP contribution in [0.25, 0.3) is 11.0 Å². The number of rotatable bonds is 5. The Kier molecular flexibility index (Phi) is 5.59. The minimum absolute atomic E-state index is 0.0657. The fraction of sp³-hybridized carbons (Fsp3) is 0.360. The number of carbonyl (C=O) groups is 1. The van der Waals surface area contributed by atoms with Gasteiger partial charge in [0.25, 0.3) is 0 Å². The number of ether oxygens (including phenoxy) is 2. The third-order valence-electron chi connectivity index (χ3n) is 6.31. The first-order chi connectivity index (χ1) is 15.2. The minimum Gasteiger partial charge on any atom is -0.496 e.